The van der Waals surface area contributed by atoms with Gasteiger partial charge < -0.3 is 10.6 Å². The molecule has 0 aliphatic heterocycles. The van der Waals surface area contributed by atoms with Crippen LogP contribution in [0.3, 0.4) is 0 Å². The number of nitrogens with one attached hydrogen (secondary N) is 2. The normalized spacial score (nSPS) is 10.1. The Balaban J connectivity index is 2.04. The van der Waals surface area contributed by atoms with Gasteiger partial charge in [0.25, 0.3) is 0 Å². The molecule has 0 aliphatic carbocycles. The number of hydrogen-bond donors (Lipinski definition) is 2. The van der Waals surface area contributed by atoms with Crippen molar-refractivity contribution in [1.82, 2.24) is 0 Å². The predicted octanol–water partition coefficient (Wildman–Crippen LogP) is 3.90. The molecule has 0 aromatic heterocycles. The maximum atomic E-state index is 12.0. The van der Waals surface area contributed by atoms with Gasteiger partial charge in [0.1, 0.15) is 0 Å². The highest BCUT2D eigenvalue weighted by molar-refractivity contribution is 14.1. The lowest BCUT2D eigenvalue weighted by Crippen LogP contribution is -2.29. The number of thioether (sulfide) groups is 1. The van der Waals surface area contributed by atoms with Crippen molar-refractivity contribution in [3.05, 3.63) is 51.6 Å². The Morgan fingerprint density at radius 2 is 1.77 bits per heavy atom. The molecule has 2 aromatic carbocycles. The third-order valence-electron chi connectivity index (χ3n) is 2.97. The van der Waals surface area contributed by atoms with Crippen molar-refractivity contribution < 1.29 is 9.59 Å². The smallest absolute Gasteiger partial charge is 0.314 e. The molecule has 22 heavy (non-hydrogen) atoms. The summed E-state index contributed by atoms with van der Waals surface area (Å²) < 4.78 is 1.08. The van der Waals surface area contributed by atoms with Gasteiger partial charge in [-0.15, -0.1) is 11.8 Å². The molecule has 4 nitrogen and oxygen atoms in total. The fourth-order valence-electron chi connectivity index (χ4n) is 1.84. The van der Waals surface area contributed by atoms with Crippen molar-refractivity contribution in [2.45, 2.75) is 11.8 Å². The first-order chi connectivity index (χ1) is 10.5. The largest absolute Gasteiger partial charge is 0.318 e. The summed E-state index contributed by atoms with van der Waals surface area (Å²) >= 11 is 3.77. The maximum absolute atomic E-state index is 12.0. The van der Waals surface area contributed by atoms with Crippen LogP contribution < -0.4 is 10.6 Å². The third-order valence-corrected chi connectivity index (χ3v) is 4.37. The number of hydrogen-bond acceptors (Lipinski definition) is 3. The van der Waals surface area contributed by atoms with Gasteiger partial charge in [-0.05, 0) is 77.7 Å². The minimum atomic E-state index is -0.684. The standard InChI is InChI=1S/C16H15IN2O2S/c1-10-8-11(17)6-7-14(10)19-16(21)15(20)18-12-4-3-5-13(9-12)22-2/h3-9H,1-2H3,(H,18,20)(H,19,21). The fraction of sp³-hybridized carbons (Fsp3) is 0.125. The van der Waals surface area contributed by atoms with Crippen LogP contribution in [0.25, 0.3) is 0 Å². The van der Waals surface area contributed by atoms with Crippen molar-refractivity contribution >= 4 is 57.5 Å². The van der Waals surface area contributed by atoms with Gasteiger partial charge in [0, 0.05) is 19.8 Å². The van der Waals surface area contributed by atoms with Crippen LogP contribution in [0.4, 0.5) is 11.4 Å². The summed E-state index contributed by atoms with van der Waals surface area (Å²) in [7, 11) is 0. The number of carbonyl (C=O) groups excluding carboxylic acids is 2. The SMILES string of the molecule is CSc1cccc(NC(=O)C(=O)Nc2ccc(I)cc2C)c1. The molecule has 2 N–H and O–H groups in total. The number of anilines is 2. The minimum absolute atomic E-state index is 0.603. The first-order valence-corrected chi connectivity index (χ1v) is 8.82. The monoisotopic (exact) mass is 426 g/mol. The molecule has 2 rings (SSSR count). The Morgan fingerprint density at radius 1 is 1.05 bits per heavy atom. The predicted molar refractivity (Wildman–Crippen MR) is 99.4 cm³/mol. The van der Waals surface area contributed by atoms with Gasteiger partial charge >= 0.3 is 11.8 Å². The molecule has 6 heteroatoms. The van der Waals surface area contributed by atoms with Gasteiger partial charge in [-0.3, -0.25) is 9.59 Å². The Morgan fingerprint density at radius 3 is 2.45 bits per heavy atom. The summed E-state index contributed by atoms with van der Waals surface area (Å²) in [5.41, 5.74) is 2.15. The van der Waals surface area contributed by atoms with E-state index in [1.54, 1.807) is 23.9 Å². The third kappa shape index (κ3) is 4.48. The fourth-order valence-corrected chi connectivity index (χ4v) is 2.94. The minimum Gasteiger partial charge on any atom is -0.318 e. The topological polar surface area (TPSA) is 58.2 Å². The summed E-state index contributed by atoms with van der Waals surface area (Å²) in [6.45, 7) is 1.89. The van der Waals surface area contributed by atoms with Crippen LogP contribution in [-0.2, 0) is 9.59 Å². The molecule has 0 fully saturated rings. The summed E-state index contributed by atoms with van der Waals surface area (Å²) in [5, 5.41) is 5.23. The van der Waals surface area contributed by atoms with E-state index < -0.39 is 11.8 Å². The number of halogens is 1. The van der Waals surface area contributed by atoms with E-state index in [0.29, 0.717) is 11.4 Å². The zero-order chi connectivity index (χ0) is 16.1. The van der Waals surface area contributed by atoms with Gasteiger partial charge in [-0.1, -0.05) is 6.07 Å². The molecule has 0 atom stereocenters. The van der Waals surface area contributed by atoms with Crippen LogP contribution in [-0.4, -0.2) is 18.1 Å². The molecule has 0 spiro atoms. The second-order valence-electron chi connectivity index (χ2n) is 4.60. The van der Waals surface area contributed by atoms with Crippen LogP contribution in [0.15, 0.2) is 47.4 Å². The Hall–Kier alpha value is -1.54. The van der Waals surface area contributed by atoms with E-state index in [-0.39, 0.29) is 0 Å². The van der Waals surface area contributed by atoms with Gasteiger partial charge in [0.05, 0.1) is 0 Å². The summed E-state index contributed by atoms with van der Waals surface area (Å²) in [6.07, 6.45) is 1.95. The zero-order valence-electron chi connectivity index (χ0n) is 12.1. The van der Waals surface area contributed by atoms with E-state index in [1.807, 2.05) is 43.5 Å². The Labute approximate surface area is 147 Å². The van der Waals surface area contributed by atoms with E-state index in [4.69, 9.17) is 0 Å². The summed E-state index contributed by atoms with van der Waals surface area (Å²) in [5.74, 6) is -1.37. The summed E-state index contributed by atoms with van der Waals surface area (Å²) in [4.78, 5) is 25.0. The molecule has 0 radical (unpaired) electrons. The average Bonchev–Trinajstić information content (AvgIpc) is 2.50. The van der Waals surface area contributed by atoms with Crippen molar-refractivity contribution in [2.75, 3.05) is 16.9 Å². The highest BCUT2D eigenvalue weighted by atomic mass is 127. The second-order valence-corrected chi connectivity index (χ2v) is 6.72. The van der Waals surface area contributed by atoms with Crippen LogP contribution in [0.2, 0.25) is 0 Å². The van der Waals surface area contributed by atoms with Gasteiger partial charge in [-0.25, -0.2) is 0 Å². The molecule has 0 saturated heterocycles. The van der Waals surface area contributed by atoms with Crippen molar-refractivity contribution in [3.63, 3.8) is 0 Å². The molecule has 0 aliphatic rings. The first-order valence-electron chi connectivity index (χ1n) is 6.52. The van der Waals surface area contributed by atoms with Crippen molar-refractivity contribution in [2.24, 2.45) is 0 Å². The number of rotatable bonds is 3. The van der Waals surface area contributed by atoms with Crippen molar-refractivity contribution in [1.29, 1.82) is 0 Å². The Kier molecular flexibility index (Phi) is 5.84. The number of carbonyl (C=O) groups is 2. The highest BCUT2D eigenvalue weighted by Crippen LogP contribution is 2.20. The Bertz CT molecular complexity index is 719. The van der Waals surface area contributed by atoms with Gasteiger partial charge in [0.15, 0.2) is 0 Å². The lowest BCUT2D eigenvalue weighted by Gasteiger charge is -2.09. The quantitative estimate of drug-likeness (QED) is 0.445. The van der Waals surface area contributed by atoms with Crippen LogP contribution >= 0.6 is 34.4 Å². The number of benzene rings is 2. The number of aryl methyl sites for hydroxylation is 1. The molecule has 0 unspecified atom stereocenters. The molecule has 114 valence electrons. The number of amides is 2. The highest BCUT2D eigenvalue weighted by Gasteiger charge is 2.15. The van der Waals surface area contributed by atoms with Gasteiger partial charge in [-0.2, -0.15) is 0 Å². The zero-order valence-corrected chi connectivity index (χ0v) is 15.1. The van der Waals surface area contributed by atoms with E-state index in [9.17, 15) is 9.59 Å². The van der Waals surface area contributed by atoms with E-state index >= 15 is 0 Å². The van der Waals surface area contributed by atoms with E-state index in [1.165, 1.54) is 0 Å². The van der Waals surface area contributed by atoms with Crippen LogP contribution in [0, 0.1) is 10.5 Å². The van der Waals surface area contributed by atoms with Crippen LogP contribution in [0.5, 0.6) is 0 Å². The second kappa shape index (κ2) is 7.64. The van der Waals surface area contributed by atoms with Crippen LogP contribution in [0.1, 0.15) is 5.56 Å². The molecular weight excluding hydrogens is 411 g/mol. The molecule has 0 heterocycles. The lowest BCUT2D eigenvalue weighted by atomic mass is 10.2. The lowest BCUT2D eigenvalue weighted by molar-refractivity contribution is -0.133. The first kappa shape index (κ1) is 16.8. The van der Waals surface area contributed by atoms with E-state index in [2.05, 4.69) is 33.2 Å². The average molecular weight is 426 g/mol. The van der Waals surface area contributed by atoms with Crippen molar-refractivity contribution in [3.8, 4) is 0 Å². The molecule has 0 bridgehead atoms. The van der Waals surface area contributed by atoms with E-state index in [0.717, 1.165) is 14.0 Å². The maximum Gasteiger partial charge on any atom is 0.314 e. The summed E-state index contributed by atoms with van der Waals surface area (Å²) in [6, 6.07) is 13.0. The molecule has 2 amide bonds. The molecule has 2 aromatic rings. The molecular formula is C16H15IN2O2S. The van der Waals surface area contributed by atoms with Gasteiger partial charge in [0.2, 0.25) is 0 Å². The molecule has 0 saturated carbocycles.